The van der Waals surface area contributed by atoms with E-state index in [0.29, 0.717) is 24.6 Å². The summed E-state index contributed by atoms with van der Waals surface area (Å²) in [5.74, 6) is 0.457. The molecule has 2 heterocycles. The average molecular weight is 346 g/mol. The van der Waals surface area contributed by atoms with Crippen molar-refractivity contribution >= 4 is 15.8 Å². The number of carbonyl (C=O) groups excluding carboxylic acids is 1. The van der Waals surface area contributed by atoms with Crippen LogP contribution in [0.4, 0.5) is 0 Å². The van der Waals surface area contributed by atoms with Gasteiger partial charge in [-0.3, -0.25) is 4.79 Å². The molecule has 2 fully saturated rings. The van der Waals surface area contributed by atoms with Crippen molar-refractivity contribution in [1.82, 2.24) is 19.3 Å². The van der Waals surface area contributed by atoms with Crippen LogP contribution in [0.15, 0.2) is 35.4 Å². The first kappa shape index (κ1) is 15.5. The van der Waals surface area contributed by atoms with E-state index in [1.54, 1.807) is 16.8 Å². The number of benzene rings is 1. The van der Waals surface area contributed by atoms with Crippen molar-refractivity contribution in [2.75, 3.05) is 13.1 Å². The third-order valence-electron chi connectivity index (χ3n) is 4.63. The minimum atomic E-state index is -3.52. The smallest absolute Gasteiger partial charge is 0.243 e. The summed E-state index contributed by atoms with van der Waals surface area (Å²) in [7, 11) is -3.52. The number of hydrogen-bond donors (Lipinski definition) is 0. The lowest BCUT2D eigenvalue weighted by Gasteiger charge is -2.37. The number of rotatable bonds is 5. The monoisotopic (exact) mass is 346 g/mol. The van der Waals surface area contributed by atoms with Gasteiger partial charge in [-0.05, 0) is 31.9 Å². The standard InChI is InChI=1S/C16H18N4O3S/c1-11(21)12-4-6-15(7-5-12)24(22,23)19-8-14(9-19)20-10-16(17-18-20)13-2-3-13/h4-7,10,13-14H,2-3,8-9H2,1H3. The molecular weight excluding hydrogens is 328 g/mol. The Kier molecular flexibility index (Phi) is 3.54. The summed E-state index contributed by atoms with van der Waals surface area (Å²) in [5.41, 5.74) is 1.52. The molecule has 1 aliphatic heterocycles. The van der Waals surface area contributed by atoms with Crippen LogP contribution in [0.25, 0.3) is 0 Å². The Labute approximate surface area is 140 Å². The molecule has 0 unspecified atom stereocenters. The molecule has 24 heavy (non-hydrogen) atoms. The zero-order valence-corrected chi connectivity index (χ0v) is 14.1. The van der Waals surface area contributed by atoms with Crippen molar-refractivity contribution in [3.05, 3.63) is 41.7 Å². The SMILES string of the molecule is CC(=O)c1ccc(S(=O)(=O)N2CC(n3cc(C4CC4)nn3)C2)cc1. The first-order chi connectivity index (χ1) is 11.4. The molecule has 1 saturated carbocycles. The first-order valence-electron chi connectivity index (χ1n) is 7.98. The number of aromatic nitrogens is 3. The molecule has 1 aliphatic carbocycles. The van der Waals surface area contributed by atoms with Crippen LogP contribution in [0.5, 0.6) is 0 Å². The van der Waals surface area contributed by atoms with Gasteiger partial charge in [0, 0.05) is 30.8 Å². The van der Waals surface area contributed by atoms with E-state index in [9.17, 15) is 13.2 Å². The van der Waals surface area contributed by atoms with Crippen molar-refractivity contribution in [1.29, 1.82) is 0 Å². The van der Waals surface area contributed by atoms with E-state index in [4.69, 9.17) is 0 Å². The molecule has 0 N–H and O–H groups in total. The lowest BCUT2D eigenvalue weighted by Crippen LogP contribution is -2.50. The molecule has 1 saturated heterocycles. The van der Waals surface area contributed by atoms with Crippen LogP contribution >= 0.6 is 0 Å². The summed E-state index contributed by atoms with van der Waals surface area (Å²) in [6, 6.07) is 6.11. The maximum absolute atomic E-state index is 12.6. The summed E-state index contributed by atoms with van der Waals surface area (Å²) in [6.07, 6.45) is 4.27. The van der Waals surface area contributed by atoms with Crippen molar-refractivity contribution in [2.45, 2.75) is 36.6 Å². The summed E-state index contributed by atoms with van der Waals surface area (Å²) in [6.45, 7) is 2.24. The Bertz CT molecular complexity index is 878. The minimum Gasteiger partial charge on any atom is -0.295 e. The fourth-order valence-corrected chi connectivity index (χ4v) is 4.34. The molecule has 0 amide bonds. The molecule has 0 atom stereocenters. The molecular formula is C16H18N4O3S. The molecule has 0 spiro atoms. The van der Waals surface area contributed by atoms with E-state index < -0.39 is 10.0 Å². The van der Waals surface area contributed by atoms with Gasteiger partial charge in [-0.15, -0.1) is 5.10 Å². The van der Waals surface area contributed by atoms with E-state index in [-0.39, 0.29) is 16.7 Å². The van der Waals surface area contributed by atoms with E-state index in [0.717, 1.165) is 5.69 Å². The highest BCUT2D eigenvalue weighted by atomic mass is 32.2. The number of hydrogen-bond acceptors (Lipinski definition) is 5. The van der Waals surface area contributed by atoms with Crippen molar-refractivity contribution in [2.24, 2.45) is 0 Å². The second-order valence-electron chi connectivity index (χ2n) is 6.45. The van der Waals surface area contributed by atoms with Gasteiger partial charge in [0.2, 0.25) is 10.0 Å². The van der Waals surface area contributed by atoms with Gasteiger partial charge in [0.1, 0.15) is 0 Å². The predicted molar refractivity (Wildman–Crippen MR) is 86.2 cm³/mol. The van der Waals surface area contributed by atoms with Gasteiger partial charge >= 0.3 is 0 Å². The van der Waals surface area contributed by atoms with Gasteiger partial charge in [-0.2, -0.15) is 4.31 Å². The summed E-state index contributed by atoms with van der Waals surface area (Å²) in [4.78, 5) is 11.5. The average Bonchev–Trinajstić information content (AvgIpc) is 3.25. The van der Waals surface area contributed by atoms with Gasteiger partial charge in [0.05, 0.1) is 16.6 Å². The van der Waals surface area contributed by atoms with Crippen LogP contribution in [0.1, 0.15) is 47.8 Å². The topological polar surface area (TPSA) is 85.2 Å². The molecule has 2 aliphatic rings. The number of carbonyl (C=O) groups is 1. The number of ketones is 1. The molecule has 1 aromatic carbocycles. The van der Waals surface area contributed by atoms with E-state index in [2.05, 4.69) is 10.3 Å². The quantitative estimate of drug-likeness (QED) is 0.768. The lowest BCUT2D eigenvalue weighted by molar-refractivity contribution is 0.101. The maximum atomic E-state index is 12.6. The normalized spacial score (nSPS) is 19.2. The molecule has 2 aromatic rings. The maximum Gasteiger partial charge on any atom is 0.243 e. The zero-order valence-electron chi connectivity index (χ0n) is 13.3. The molecule has 126 valence electrons. The number of sulfonamides is 1. The molecule has 4 rings (SSSR count). The Hall–Kier alpha value is -2.06. The van der Waals surface area contributed by atoms with Gasteiger partial charge in [0.15, 0.2) is 5.78 Å². The first-order valence-corrected chi connectivity index (χ1v) is 9.42. The highest BCUT2D eigenvalue weighted by molar-refractivity contribution is 7.89. The fraction of sp³-hybridized carbons (Fsp3) is 0.438. The fourth-order valence-electron chi connectivity index (χ4n) is 2.83. The van der Waals surface area contributed by atoms with Gasteiger partial charge in [-0.25, -0.2) is 13.1 Å². The van der Waals surface area contributed by atoms with Crippen LogP contribution in [-0.4, -0.2) is 46.6 Å². The molecule has 8 heteroatoms. The van der Waals surface area contributed by atoms with E-state index >= 15 is 0 Å². The van der Waals surface area contributed by atoms with Gasteiger partial charge < -0.3 is 0 Å². The molecule has 1 aromatic heterocycles. The Morgan fingerprint density at radius 2 is 1.83 bits per heavy atom. The zero-order chi connectivity index (χ0) is 16.9. The third kappa shape index (κ3) is 2.65. The summed E-state index contributed by atoms with van der Waals surface area (Å²) >= 11 is 0. The van der Waals surface area contributed by atoms with Crippen LogP contribution in [0.3, 0.4) is 0 Å². The highest BCUT2D eigenvalue weighted by Gasteiger charge is 2.39. The molecule has 0 bridgehead atoms. The van der Waals surface area contributed by atoms with Crippen molar-refractivity contribution in [3.8, 4) is 0 Å². The van der Waals surface area contributed by atoms with Crippen LogP contribution in [0.2, 0.25) is 0 Å². The van der Waals surface area contributed by atoms with Crippen molar-refractivity contribution in [3.63, 3.8) is 0 Å². The Morgan fingerprint density at radius 1 is 1.17 bits per heavy atom. The largest absolute Gasteiger partial charge is 0.295 e. The lowest BCUT2D eigenvalue weighted by atomic mass is 10.2. The van der Waals surface area contributed by atoms with E-state index in [1.807, 2.05) is 6.20 Å². The van der Waals surface area contributed by atoms with Crippen molar-refractivity contribution < 1.29 is 13.2 Å². The Balaban J connectivity index is 1.45. The summed E-state index contributed by atoms with van der Waals surface area (Å²) in [5, 5.41) is 8.29. The second-order valence-corrected chi connectivity index (χ2v) is 8.39. The van der Waals surface area contributed by atoms with Gasteiger partial charge in [-0.1, -0.05) is 17.3 Å². The van der Waals surface area contributed by atoms with Crippen LogP contribution in [-0.2, 0) is 10.0 Å². The highest BCUT2D eigenvalue weighted by Crippen LogP contribution is 2.39. The van der Waals surface area contributed by atoms with E-state index in [1.165, 1.54) is 36.2 Å². The molecule has 0 radical (unpaired) electrons. The third-order valence-corrected chi connectivity index (χ3v) is 6.47. The predicted octanol–water partition coefficient (Wildman–Crippen LogP) is 1.60. The van der Waals surface area contributed by atoms with Gasteiger partial charge in [0.25, 0.3) is 0 Å². The number of Topliss-reactive ketones (excluding diaryl/α,β-unsaturated/α-hetero) is 1. The Morgan fingerprint density at radius 3 is 2.42 bits per heavy atom. The second kappa shape index (κ2) is 5.49. The number of nitrogens with zero attached hydrogens (tertiary/aromatic N) is 4. The summed E-state index contributed by atoms with van der Waals surface area (Å²) < 4.78 is 28.4. The minimum absolute atomic E-state index is 0.0382. The van der Waals surface area contributed by atoms with Crippen LogP contribution < -0.4 is 0 Å². The van der Waals surface area contributed by atoms with Crippen LogP contribution in [0, 0.1) is 0 Å². The molecule has 7 nitrogen and oxygen atoms in total.